The summed E-state index contributed by atoms with van der Waals surface area (Å²) >= 11 is 0. The van der Waals surface area contributed by atoms with Gasteiger partial charge in [-0.1, -0.05) is 24.3 Å². The summed E-state index contributed by atoms with van der Waals surface area (Å²) in [5, 5.41) is 24.7. The van der Waals surface area contributed by atoms with Crippen LogP contribution in [-0.2, 0) is 15.9 Å². The first-order chi connectivity index (χ1) is 15.1. The number of hydrogen-bond acceptors (Lipinski definition) is 8. The molecule has 2 fully saturated rings. The maximum absolute atomic E-state index is 10.7. The minimum atomic E-state index is -1.08. The average Bonchev–Trinajstić information content (AvgIpc) is 3.50. The number of aryl methyl sites for hydroxylation is 2. The number of imidazole rings is 1. The van der Waals surface area contributed by atoms with E-state index in [2.05, 4.69) is 39.3 Å². The Kier molecular flexibility index (Phi) is 5.58. The number of nitrogens with one attached hydrogen (secondary N) is 1. The summed E-state index contributed by atoms with van der Waals surface area (Å²) < 4.78 is 13.2. The molecule has 0 aliphatic carbocycles. The van der Waals surface area contributed by atoms with Gasteiger partial charge < -0.3 is 25.0 Å². The van der Waals surface area contributed by atoms with E-state index >= 15 is 0 Å². The highest BCUT2D eigenvalue weighted by molar-refractivity contribution is 5.82. The summed E-state index contributed by atoms with van der Waals surface area (Å²) in [6, 6.07) is 8.35. The molecule has 3 N–H and O–H groups in total. The normalized spacial score (nSPS) is 28.4. The van der Waals surface area contributed by atoms with E-state index in [9.17, 15) is 10.2 Å². The quantitative estimate of drug-likeness (QED) is 0.546. The van der Waals surface area contributed by atoms with Crippen LogP contribution >= 0.6 is 0 Å². The molecule has 5 atom stereocenters. The van der Waals surface area contributed by atoms with Crippen molar-refractivity contribution in [2.24, 2.45) is 0 Å². The number of ether oxygens (including phenoxy) is 2. The zero-order chi connectivity index (χ0) is 21.4. The molecule has 0 bridgehead atoms. The Morgan fingerprint density at radius 3 is 2.84 bits per heavy atom. The largest absolute Gasteiger partial charge is 0.388 e. The lowest BCUT2D eigenvalue weighted by Gasteiger charge is -2.17. The fraction of sp³-hybridized carbons (Fsp3) is 0.500. The first kappa shape index (κ1) is 20.3. The van der Waals surface area contributed by atoms with Crippen molar-refractivity contribution in [1.82, 2.24) is 19.5 Å². The smallest absolute Gasteiger partial charge is 0.167 e. The molecule has 1 aromatic carbocycles. The summed E-state index contributed by atoms with van der Waals surface area (Å²) in [6.45, 7) is 3.43. The molecule has 31 heavy (non-hydrogen) atoms. The maximum atomic E-state index is 10.7. The highest BCUT2D eigenvalue weighted by Gasteiger charge is 2.44. The molecule has 9 heteroatoms. The number of rotatable bonds is 6. The number of fused-ring (bicyclic) bond motifs is 1. The molecule has 2 aromatic heterocycles. The van der Waals surface area contributed by atoms with Gasteiger partial charge in [-0.3, -0.25) is 4.57 Å². The number of hydrogen-bond donors (Lipinski definition) is 3. The Hall–Kier alpha value is -2.59. The van der Waals surface area contributed by atoms with Gasteiger partial charge in [0.2, 0.25) is 0 Å². The fourth-order valence-electron chi connectivity index (χ4n) is 4.37. The number of aliphatic hydroxyl groups is 2. The van der Waals surface area contributed by atoms with Crippen LogP contribution in [0.5, 0.6) is 0 Å². The zero-order valence-corrected chi connectivity index (χ0v) is 17.4. The van der Waals surface area contributed by atoms with Crippen LogP contribution in [0.1, 0.15) is 30.2 Å². The van der Waals surface area contributed by atoms with Crippen LogP contribution in [0.4, 0.5) is 5.82 Å². The number of benzene rings is 1. The van der Waals surface area contributed by atoms with Gasteiger partial charge in [0, 0.05) is 6.61 Å². The highest BCUT2D eigenvalue weighted by atomic mass is 16.6. The van der Waals surface area contributed by atoms with Crippen LogP contribution in [0.3, 0.4) is 0 Å². The summed E-state index contributed by atoms with van der Waals surface area (Å²) in [5.74, 6) is 0.628. The van der Waals surface area contributed by atoms with E-state index in [-0.39, 0.29) is 6.04 Å². The number of aromatic nitrogens is 4. The maximum Gasteiger partial charge on any atom is 0.167 e. The number of nitrogens with zero attached hydrogens (tertiary/aromatic N) is 4. The summed E-state index contributed by atoms with van der Waals surface area (Å²) in [4.78, 5) is 13.1. The topological polar surface area (TPSA) is 115 Å². The molecule has 1 unspecified atom stereocenters. The average molecular weight is 425 g/mol. The lowest BCUT2D eigenvalue weighted by Crippen LogP contribution is -2.31. The van der Waals surface area contributed by atoms with E-state index in [4.69, 9.17) is 9.47 Å². The summed E-state index contributed by atoms with van der Waals surface area (Å²) in [5.41, 5.74) is 3.57. The van der Waals surface area contributed by atoms with E-state index in [1.807, 2.05) is 12.1 Å². The van der Waals surface area contributed by atoms with Gasteiger partial charge in [-0.05, 0) is 37.3 Å². The lowest BCUT2D eigenvalue weighted by molar-refractivity contribution is -0.0367. The van der Waals surface area contributed by atoms with Crippen molar-refractivity contribution in [2.75, 3.05) is 18.5 Å². The molecule has 0 radical (unpaired) electrons. The molecule has 5 rings (SSSR count). The molecule has 4 heterocycles. The Morgan fingerprint density at radius 2 is 2.03 bits per heavy atom. The second kappa shape index (κ2) is 8.51. The Bertz CT molecular complexity index is 1050. The molecule has 2 aliphatic rings. The van der Waals surface area contributed by atoms with E-state index in [1.165, 1.54) is 17.5 Å². The van der Waals surface area contributed by atoms with Gasteiger partial charge >= 0.3 is 0 Å². The predicted octanol–water partition coefficient (Wildman–Crippen LogP) is 1.59. The lowest BCUT2D eigenvalue weighted by atomic mass is 9.99. The second-order valence-corrected chi connectivity index (χ2v) is 8.26. The van der Waals surface area contributed by atoms with Crippen molar-refractivity contribution in [1.29, 1.82) is 0 Å². The number of anilines is 1. The van der Waals surface area contributed by atoms with Crippen molar-refractivity contribution in [3.63, 3.8) is 0 Å². The summed E-state index contributed by atoms with van der Waals surface area (Å²) in [6.07, 6.45) is 2.02. The van der Waals surface area contributed by atoms with Crippen molar-refractivity contribution in [3.8, 4) is 0 Å². The van der Waals surface area contributed by atoms with Gasteiger partial charge in [-0.15, -0.1) is 0 Å². The molecule has 3 aromatic rings. The molecule has 0 amide bonds. The predicted molar refractivity (Wildman–Crippen MR) is 114 cm³/mol. The fourth-order valence-corrected chi connectivity index (χ4v) is 4.37. The van der Waals surface area contributed by atoms with E-state index in [1.54, 1.807) is 10.9 Å². The molecular weight excluding hydrogens is 398 g/mol. The first-order valence-electron chi connectivity index (χ1n) is 10.7. The SMILES string of the molecule is Cc1ccccc1CC[C@H]1O[C@@H](n2cnc3c(NC4CCOC4)ncnc32)[C@H](O)[C@@H]1O. The molecular formula is C22H27N5O4. The first-order valence-corrected chi connectivity index (χ1v) is 10.7. The third-order valence-electron chi connectivity index (χ3n) is 6.20. The molecule has 9 nitrogen and oxygen atoms in total. The van der Waals surface area contributed by atoms with Crippen molar-refractivity contribution in [3.05, 3.63) is 48.0 Å². The van der Waals surface area contributed by atoms with Crippen LogP contribution < -0.4 is 5.32 Å². The van der Waals surface area contributed by atoms with E-state index < -0.39 is 24.5 Å². The van der Waals surface area contributed by atoms with Crippen molar-refractivity contribution >= 4 is 17.0 Å². The van der Waals surface area contributed by atoms with Gasteiger partial charge in [0.05, 0.1) is 25.1 Å². The van der Waals surface area contributed by atoms with Gasteiger partial charge in [-0.25, -0.2) is 15.0 Å². The molecule has 164 valence electrons. The zero-order valence-electron chi connectivity index (χ0n) is 17.4. The highest BCUT2D eigenvalue weighted by Crippen LogP contribution is 2.34. The molecule has 2 saturated heterocycles. The van der Waals surface area contributed by atoms with Gasteiger partial charge in [0.25, 0.3) is 0 Å². The molecule has 0 spiro atoms. The van der Waals surface area contributed by atoms with Crippen LogP contribution in [0.25, 0.3) is 11.2 Å². The van der Waals surface area contributed by atoms with Gasteiger partial charge in [0.15, 0.2) is 23.2 Å². The number of aliphatic hydroxyl groups excluding tert-OH is 2. The Labute approximate surface area is 180 Å². The Balaban J connectivity index is 1.34. The summed E-state index contributed by atoms with van der Waals surface area (Å²) in [7, 11) is 0. The van der Waals surface area contributed by atoms with Crippen LogP contribution in [-0.4, -0.2) is 67.3 Å². The van der Waals surface area contributed by atoms with Crippen molar-refractivity contribution < 1.29 is 19.7 Å². The van der Waals surface area contributed by atoms with Crippen molar-refractivity contribution in [2.45, 2.75) is 56.8 Å². The van der Waals surface area contributed by atoms with Crippen LogP contribution in [0.2, 0.25) is 0 Å². The van der Waals surface area contributed by atoms with Gasteiger partial charge in [0.1, 0.15) is 18.5 Å². The monoisotopic (exact) mass is 425 g/mol. The second-order valence-electron chi connectivity index (χ2n) is 8.26. The standard InChI is InChI=1S/C22H27N5O4/c1-13-4-2-3-5-14(13)6-7-16-18(28)19(29)22(31-16)27-12-25-17-20(23-11-24-21(17)27)26-15-8-9-30-10-15/h2-5,11-12,15-16,18-19,22,28-29H,6-10H2,1H3,(H,23,24,26)/t15?,16-,18-,19-,22-/m1/s1. The third-order valence-corrected chi connectivity index (χ3v) is 6.20. The van der Waals surface area contributed by atoms with E-state index in [0.717, 1.165) is 19.4 Å². The minimum absolute atomic E-state index is 0.184. The van der Waals surface area contributed by atoms with Crippen LogP contribution in [0, 0.1) is 6.92 Å². The molecule has 0 saturated carbocycles. The Morgan fingerprint density at radius 1 is 1.16 bits per heavy atom. The third kappa shape index (κ3) is 3.89. The molecule has 2 aliphatic heterocycles. The van der Waals surface area contributed by atoms with Gasteiger partial charge in [-0.2, -0.15) is 0 Å². The van der Waals surface area contributed by atoms with Crippen LogP contribution in [0.15, 0.2) is 36.9 Å². The van der Waals surface area contributed by atoms with E-state index in [0.29, 0.717) is 30.0 Å². The minimum Gasteiger partial charge on any atom is -0.388 e.